The quantitative estimate of drug-likeness (QED) is 0.179. The summed E-state index contributed by atoms with van der Waals surface area (Å²) in [4.78, 5) is 59.0. The van der Waals surface area contributed by atoms with Crippen LogP contribution >= 0.6 is 23.1 Å². The van der Waals surface area contributed by atoms with Gasteiger partial charge in [0.1, 0.15) is 5.75 Å². The Hall–Kier alpha value is -5.07. The Bertz CT molecular complexity index is 2280. The monoisotopic (exact) mass is 719 g/mol. The number of rotatable bonds is 8. The highest BCUT2D eigenvalue weighted by atomic mass is 32.2. The molecule has 9 rings (SSSR count). The van der Waals surface area contributed by atoms with E-state index < -0.39 is 11.8 Å². The minimum Gasteiger partial charge on any atom is -0.497 e. The first-order valence-corrected chi connectivity index (χ1v) is 18.5. The molecule has 7 atom stereocenters. The van der Waals surface area contributed by atoms with Crippen LogP contribution in [0.4, 0.5) is 11.4 Å². The highest BCUT2D eigenvalue weighted by Crippen LogP contribution is 2.68. The number of aromatic nitrogens is 1. The minimum atomic E-state index is -0.420. The highest BCUT2D eigenvalue weighted by Gasteiger charge is 2.69. The van der Waals surface area contributed by atoms with Crippen LogP contribution in [0.3, 0.4) is 0 Å². The maximum absolute atomic E-state index is 14.1. The molecule has 0 spiro atoms. The van der Waals surface area contributed by atoms with Gasteiger partial charge in [-0.3, -0.25) is 24.1 Å². The second-order valence-electron chi connectivity index (χ2n) is 13.4. The third-order valence-corrected chi connectivity index (χ3v) is 13.6. The molecule has 2 aliphatic carbocycles. The van der Waals surface area contributed by atoms with Gasteiger partial charge in [0, 0.05) is 27.1 Å². The van der Waals surface area contributed by atoms with Crippen LogP contribution in [0.5, 0.6) is 17.2 Å². The molecule has 2 bridgehead atoms. The van der Waals surface area contributed by atoms with Gasteiger partial charge in [0.15, 0.2) is 18.1 Å². The zero-order chi connectivity index (χ0) is 35.0. The lowest BCUT2D eigenvalue weighted by molar-refractivity contribution is -0.123. The standard InChI is InChI=1S/C39H33N3O7S2/c1-47-22-13-11-21(12-14-22)42-37(44)32-24-17-25(33(32)38(42)45)34-31(24)30(35-36(50-34)41-39(46)51-35)20-10-15-27(28(16-20)48-2)49-18-29(43)40-26-9-5-7-19-6-3-4-8-23(19)26/h3-16,24-25,30-34H,17-18H2,1-2H3,(H,40,43)(H,41,46)/t24-,25-,30+,31-,32+,33+,34-/m1/s1. The fourth-order valence-corrected chi connectivity index (χ4v) is 11.9. The molecular weight excluding hydrogens is 687 g/mol. The van der Waals surface area contributed by atoms with Gasteiger partial charge in [-0.1, -0.05) is 53.8 Å². The molecule has 4 aromatic carbocycles. The molecule has 3 amide bonds. The van der Waals surface area contributed by atoms with Crippen molar-refractivity contribution >= 4 is 63.0 Å². The number of anilines is 2. The molecule has 2 saturated carbocycles. The predicted molar refractivity (Wildman–Crippen MR) is 195 cm³/mol. The van der Waals surface area contributed by atoms with Crippen LogP contribution in [-0.2, 0) is 14.4 Å². The van der Waals surface area contributed by atoms with Crippen molar-refractivity contribution in [2.45, 2.75) is 22.6 Å². The molecule has 10 nitrogen and oxygen atoms in total. The maximum Gasteiger partial charge on any atom is 0.305 e. The van der Waals surface area contributed by atoms with Crippen LogP contribution < -0.4 is 29.3 Å². The number of hydrogen-bond donors (Lipinski definition) is 2. The molecule has 51 heavy (non-hydrogen) atoms. The van der Waals surface area contributed by atoms with E-state index in [2.05, 4.69) is 10.3 Å². The van der Waals surface area contributed by atoms with Crippen molar-refractivity contribution in [1.82, 2.24) is 4.98 Å². The number of thioether (sulfide) groups is 1. The van der Waals surface area contributed by atoms with Crippen molar-refractivity contribution in [1.29, 1.82) is 0 Å². The van der Waals surface area contributed by atoms with Gasteiger partial charge in [0.2, 0.25) is 11.8 Å². The topological polar surface area (TPSA) is 127 Å². The zero-order valence-corrected chi connectivity index (χ0v) is 29.3. The number of imide groups is 1. The first kappa shape index (κ1) is 31.9. The number of benzene rings is 4. The Morgan fingerprint density at radius 1 is 0.882 bits per heavy atom. The van der Waals surface area contributed by atoms with Crippen molar-refractivity contribution in [2.75, 3.05) is 31.0 Å². The lowest BCUT2D eigenvalue weighted by atomic mass is 9.68. The Labute approximate surface area is 301 Å². The molecule has 2 aliphatic heterocycles. The normalized spacial score (nSPS) is 25.8. The number of thiazole rings is 1. The molecule has 2 N–H and O–H groups in total. The van der Waals surface area contributed by atoms with E-state index >= 15 is 0 Å². The van der Waals surface area contributed by atoms with Gasteiger partial charge in [-0.2, -0.15) is 0 Å². The average Bonchev–Trinajstić information content (AvgIpc) is 3.89. The molecule has 0 unspecified atom stereocenters. The van der Waals surface area contributed by atoms with E-state index in [0.29, 0.717) is 28.6 Å². The summed E-state index contributed by atoms with van der Waals surface area (Å²) in [6.07, 6.45) is 0.783. The van der Waals surface area contributed by atoms with E-state index in [1.165, 1.54) is 16.2 Å². The van der Waals surface area contributed by atoms with Crippen molar-refractivity contribution in [3.8, 4) is 17.2 Å². The summed E-state index contributed by atoms with van der Waals surface area (Å²) in [6.45, 7) is -0.221. The third kappa shape index (κ3) is 5.06. The lowest BCUT2D eigenvalue weighted by Gasteiger charge is -2.43. The summed E-state index contributed by atoms with van der Waals surface area (Å²) in [7, 11) is 3.13. The van der Waals surface area contributed by atoms with Crippen molar-refractivity contribution < 1.29 is 28.6 Å². The molecule has 0 radical (unpaired) electrons. The molecule has 12 heteroatoms. The van der Waals surface area contributed by atoms with Gasteiger partial charge in [0.05, 0.1) is 36.8 Å². The fourth-order valence-electron chi connectivity index (χ4n) is 9.04. The van der Waals surface area contributed by atoms with Crippen LogP contribution in [0.1, 0.15) is 22.8 Å². The fraction of sp³-hybridized carbons (Fsp3) is 0.282. The van der Waals surface area contributed by atoms with Crippen molar-refractivity contribution in [3.63, 3.8) is 0 Å². The van der Waals surface area contributed by atoms with Crippen molar-refractivity contribution in [3.05, 3.63) is 105 Å². The van der Waals surface area contributed by atoms with Gasteiger partial charge >= 0.3 is 4.87 Å². The number of nitrogens with one attached hydrogen (secondary N) is 2. The van der Waals surface area contributed by atoms with Crippen LogP contribution in [0, 0.1) is 29.6 Å². The number of aromatic amines is 1. The molecular formula is C39H33N3O7S2. The van der Waals surface area contributed by atoms with Gasteiger partial charge in [0.25, 0.3) is 5.91 Å². The smallest absolute Gasteiger partial charge is 0.305 e. The van der Waals surface area contributed by atoms with Crippen LogP contribution in [0.15, 0.2) is 94.7 Å². The number of hydrogen-bond acceptors (Lipinski definition) is 9. The van der Waals surface area contributed by atoms with Gasteiger partial charge in [-0.25, -0.2) is 0 Å². The maximum atomic E-state index is 14.1. The van der Waals surface area contributed by atoms with Gasteiger partial charge in [-0.15, -0.1) is 11.8 Å². The van der Waals surface area contributed by atoms with E-state index in [-0.39, 0.29) is 58.1 Å². The van der Waals surface area contributed by atoms with Gasteiger partial charge < -0.3 is 24.5 Å². The van der Waals surface area contributed by atoms with Crippen LogP contribution in [-0.4, -0.2) is 48.8 Å². The highest BCUT2D eigenvalue weighted by molar-refractivity contribution is 8.00. The zero-order valence-electron chi connectivity index (χ0n) is 27.7. The SMILES string of the molecule is COc1ccc(N2C(=O)[C@H]3[C@H]4C[C@@H]([C@@H]3C2=O)[C@@H]2[C@H](c3ccc(OCC(=O)Nc5cccc6ccccc56)c(OC)c3)c3sc(=O)[nH]c3S[C@H]42)cc1. The molecule has 4 aliphatic rings. The third-order valence-electron chi connectivity index (χ3n) is 11.0. The number of methoxy groups -OCH3 is 2. The first-order chi connectivity index (χ1) is 24.8. The molecule has 3 fully saturated rings. The van der Waals surface area contributed by atoms with Crippen LogP contribution in [0.25, 0.3) is 10.8 Å². The van der Waals surface area contributed by atoms with E-state index in [1.807, 2.05) is 54.6 Å². The number of nitrogens with zero attached hydrogens (tertiary/aromatic N) is 1. The number of fused-ring (bicyclic) bond motifs is 10. The molecule has 258 valence electrons. The van der Waals surface area contributed by atoms with E-state index in [4.69, 9.17) is 14.2 Å². The molecule has 3 heterocycles. The van der Waals surface area contributed by atoms with E-state index in [1.54, 1.807) is 56.3 Å². The molecule has 1 aromatic heterocycles. The summed E-state index contributed by atoms with van der Waals surface area (Å²) in [5.41, 5.74) is 2.19. The number of ether oxygens (including phenoxy) is 3. The second kappa shape index (κ2) is 12.3. The number of carbonyl (C=O) groups excluding carboxylic acids is 3. The number of H-pyrrole nitrogens is 1. The number of amides is 3. The van der Waals surface area contributed by atoms with Crippen LogP contribution in [0.2, 0.25) is 0 Å². The van der Waals surface area contributed by atoms with Gasteiger partial charge in [-0.05, 0) is 77.6 Å². The Morgan fingerprint density at radius 3 is 2.43 bits per heavy atom. The second-order valence-corrected chi connectivity index (χ2v) is 15.6. The lowest BCUT2D eigenvalue weighted by Crippen LogP contribution is -2.42. The summed E-state index contributed by atoms with van der Waals surface area (Å²) in [6, 6.07) is 26.3. The summed E-state index contributed by atoms with van der Waals surface area (Å²) in [5, 5.41) is 5.79. The largest absolute Gasteiger partial charge is 0.497 e. The molecule has 1 saturated heterocycles. The average molecular weight is 720 g/mol. The van der Waals surface area contributed by atoms with E-state index in [9.17, 15) is 19.2 Å². The van der Waals surface area contributed by atoms with Crippen molar-refractivity contribution in [2.24, 2.45) is 29.6 Å². The molecule has 5 aromatic rings. The summed E-state index contributed by atoms with van der Waals surface area (Å²) < 4.78 is 17.1. The summed E-state index contributed by atoms with van der Waals surface area (Å²) >= 11 is 2.84. The predicted octanol–water partition coefficient (Wildman–Crippen LogP) is 6.30. The summed E-state index contributed by atoms with van der Waals surface area (Å²) in [5.74, 6) is -0.0875. The number of carbonyl (C=O) groups is 3. The Kier molecular flexibility index (Phi) is 7.69. The Balaban J connectivity index is 0.996. The minimum absolute atomic E-state index is 0.00139. The Morgan fingerprint density at radius 2 is 1.65 bits per heavy atom. The first-order valence-electron chi connectivity index (χ1n) is 16.8. The van der Waals surface area contributed by atoms with E-state index in [0.717, 1.165) is 32.7 Å².